The first-order valence-electron chi connectivity index (χ1n) is 5.90. The summed E-state index contributed by atoms with van der Waals surface area (Å²) in [6, 6.07) is 1.70. The van der Waals surface area contributed by atoms with Gasteiger partial charge in [0, 0.05) is 19.0 Å². The zero-order chi connectivity index (χ0) is 12.9. The van der Waals surface area contributed by atoms with Crippen LogP contribution in [0.1, 0.15) is 32.0 Å². The second-order valence-corrected chi connectivity index (χ2v) is 6.36. The third kappa shape index (κ3) is 4.47. The molecule has 0 aromatic carbocycles. The summed E-state index contributed by atoms with van der Waals surface area (Å²) in [7, 11) is -3.01. The van der Waals surface area contributed by atoms with E-state index in [1.54, 1.807) is 6.20 Å². The molecule has 0 amide bonds. The molecular formula is C11H21N3O2S. The van der Waals surface area contributed by atoms with Crippen LogP contribution in [0.3, 0.4) is 0 Å². The highest BCUT2D eigenvalue weighted by Gasteiger charge is 2.19. The fraction of sp³-hybridized carbons (Fsp3) is 0.727. The molecule has 0 saturated carbocycles. The number of hydrogen-bond donors (Lipinski definition) is 1. The van der Waals surface area contributed by atoms with Gasteiger partial charge in [0.05, 0.1) is 17.5 Å². The van der Waals surface area contributed by atoms with Gasteiger partial charge in [-0.15, -0.1) is 0 Å². The minimum atomic E-state index is -3.01. The molecule has 0 bridgehead atoms. The van der Waals surface area contributed by atoms with Gasteiger partial charge in [-0.3, -0.25) is 4.68 Å². The van der Waals surface area contributed by atoms with Crippen molar-refractivity contribution in [3.8, 4) is 0 Å². The van der Waals surface area contributed by atoms with Crippen LogP contribution in [0.15, 0.2) is 12.3 Å². The number of nitrogens with zero attached hydrogens (tertiary/aromatic N) is 2. The van der Waals surface area contributed by atoms with Gasteiger partial charge >= 0.3 is 0 Å². The smallest absolute Gasteiger partial charge is 0.149 e. The summed E-state index contributed by atoms with van der Waals surface area (Å²) in [5, 5.41) is 7.44. The standard InChI is InChI=1S/C11H21N3O2S/c1-4-7-12-10(9-17(3,15)16)11-6-8-13-14(11)5-2/h6,8,10,12H,4-5,7,9H2,1-3H3. The Morgan fingerprint density at radius 2 is 2.18 bits per heavy atom. The first-order valence-corrected chi connectivity index (χ1v) is 7.96. The van der Waals surface area contributed by atoms with Crippen molar-refractivity contribution in [3.05, 3.63) is 18.0 Å². The second kappa shape index (κ2) is 6.16. The zero-order valence-electron chi connectivity index (χ0n) is 10.7. The van der Waals surface area contributed by atoms with E-state index in [4.69, 9.17) is 0 Å². The van der Waals surface area contributed by atoms with Gasteiger partial charge in [0.2, 0.25) is 0 Å². The fourth-order valence-corrected chi connectivity index (χ4v) is 2.67. The van der Waals surface area contributed by atoms with E-state index >= 15 is 0 Å². The lowest BCUT2D eigenvalue weighted by molar-refractivity contribution is 0.503. The summed E-state index contributed by atoms with van der Waals surface area (Å²) in [5.74, 6) is 0.110. The Morgan fingerprint density at radius 3 is 2.71 bits per heavy atom. The van der Waals surface area contributed by atoms with Gasteiger partial charge in [-0.05, 0) is 26.0 Å². The molecule has 1 N–H and O–H groups in total. The number of aromatic nitrogens is 2. The highest BCUT2D eigenvalue weighted by atomic mass is 32.2. The van der Waals surface area contributed by atoms with Crippen LogP contribution >= 0.6 is 0 Å². The van der Waals surface area contributed by atoms with E-state index < -0.39 is 9.84 Å². The molecule has 0 aliphatic heterocycles. The third-order valence-electron chi connectivity index (χ3n) is 2.52. The Labute approximate surface area is 103 Å². The summed E-state index contributed by atoms with van der Waals surface area (Å²) in [6.45, 7) is 5.60. The molecule has 17 heavy (non-hydrogen) atoms. The Morgan fingerprint density at radius 1 is 1.47 bits per heavy atom. The van der Waals surface area contributed by atoms with Crippen molar-refractivity contribution in [1.82, 2.24) is 15.1 Å². The summed E-state index contributed by atoms with van der Waals surface area (Å²) < 4.78 is 24.7. The summed E-state index contributed by atoms with van der Waals surface area (Å²) in [4.78, 5) is 0. The Bertz CT molecular complexity index is 439. The molecule has 0 aliphatic carbocycles. The van der Waals surface area contributed by atoms with Crippen LogP contribution in [0.5, 0.6) is 0 Å². The summed E-state index contributed by atoms with van der Waals surface area (Å²) in [6.07, 6.45) is 3.95. The quantitative estimate of drug-likeness (QED) is 0.793. The molecule has 98 valence electrons. The summed E-state index contributed by atoms with van der Waals surface area (Å²) >= 11 is 0. The van der Waals surface area contributed by atoms with Gasteiger partial charge in [0.15, 0.2) is 0 Å². The van der Waals surface area contributed by atoms with E-state index in [9.17, 15) is 8.42 Å². The van der Waals surface area contributed by atoms with Crippen molar-refractivity contribution >= 4 is 9.84 Å². The normalized spacial score (nSPS) is 13.8. The van der Waals surface area contributed by atoms with E-state index in [1.807, 2.05) is 17.7 Å². The molecule has 0 spiro atoms. The average Bonchev–Trinajstić information content (AvgIpc) is 2.70. The van der Waals surface area contributed by atoms with E-state index in [2.05, 4.69) is 17.3 Å². The van der Waals surface area contributed by atoms with Crippen LogP contribution in [0.4, 0.5) is 0 Å². The van der Waals surface area contributed by atoms with Crippen LogP contribution in [-0.2, 0) is 16.4 Å². The van der Waals surface area contributed by atoms with Crippen molar-refractivity contribution in [2.45, 2.75) is 32.9 Å². The van der Waals surface area contributed by atoms with Gasteiger partial charge in [0.1, 0.15) is 9.84 Å². The van der Waals surface area contributed by atoms with Crippen LogP contribution in [-0.4, -0.2) is 36.8 Å². The van der Waals surface area contributed by atoms with Crippen LogP contribution in [0.2, 0.25) is 0 Å². The third-order valence-corrected chi connectivity index (χ3v) is 3.45. The molecule has 5 nitrogen and oxygen atoms in total. The van der Waals surface area contributed by atoms with Crippen molar-refractivity contribution in [3.63, 3.8) is 0 Å². The first-order chi connectivity index (χ1) is 7.98. The molecule has 1 heterocycles. The van der Waals surface area contributed by atoms with Gasteiger partial charge < -0.3 is 5.32 Å². The maximum Gasteiger partial charge on any atom is 0.149 e. The lowest BCUT2D eigenvalue weighted by Crippen LogP contribution is -2.30. The minimum absolute atomic E-state index is 0.110. The van der Waals surface area contributed by atoms with Crippen LogP contribution in [0, 0.1) is 0 Å². The molecule has 0 saturated heterocycles. The minimum Gasteiger partial charge on any atom is -0.308 e. The van der Waals surface area contributed by atoms with Gasteiger partial charge in [-0.1, -0.05) is 6.92 Å². The number of hydrogen-bond acceptors (Lipinski definition) is 4. The lowest BCUT2D eigenvalue weighted by Gasteiger charge is -2.18. The molecule has 1 atom stereocenters. The van der Waals surface area contributed by atoms with Crippen molar-refractivity contribution in [2.75, 3.05) is 18.6 Å². The van der Waals surface area contributed by atoms with E-state index in [-0.39, 0.29) is 11.8 Å². The van der Waals surface area contributed by atoms with Gasteiger partial charge in [0.25, 0.3) is 0 Å². The van der Waals surface area contributed by atoms with Crippen LogP contribution in [0.25, 0.3) is 0 Å². The van der Waals surface area contributed by atoms with Crippen molar-refractivity contribution in [2.24, 2.45) is 0 Å². The number of sulfone groups is 1. The fourth-order valence-electron chi connectivity index (χ4n) is 1.77. The van der Waals surface area contributed by atoms with Gasteiger partial charge in [-0.2, -0.15) is 5.10 Å². The lowest BCUT2D eigenvalue weighted by atomic mass is 10.2. The Hall–Kier alpha value is -0.880. The summed E-state index contributed by atoms with van der Waals surface area (Å²) in [5.41, 5.74) is 0.936. The zero-order valence-corrected chi connectivity index (χ0v) is 11.5. The highest BCUT2D eigenvalue weighted by molar-refractivity contribution is 7.90. The molecule has 1 aromatic rings. The number of rotatable bonds is 7. The van der Waals surface area contributed by atoms with E-state index in [0.29, 0.717) is 0 Å². The highest BCUT2D eigenvalue weighted by Crippen LogP contribution is 2.14. The number of aryl methyl sites for hydroxylation is 1. The maximum absolute atomic E-state index is 11.4. The Balaban J connectivity index is 2.89. The predicted octanol–water partition coefficient (Wildman–Crippen LogP) is 0.988. The molecular weight excluding hydrogens is 238 g/mol. The topological polar surface area (TPSA) is 64.0 Å². The Kier molecular flexibility index (Phi) is 5.14. The predicted molar refractivity (Wildman–Crippen MR) is 68.6 cm³/mol. The molecule has 1 aromatic heterocycles. The number of nitrogens with one attached hydrogen (secondary N) is 1. The molecule has 0 fully saturated rings. The first kappa shape index (κ1) is 14.2. The second-order valence-electron chi connectivity index (χ2n) is 4.17. The van der Waals surface area contributed by atoms with Crippen molar-refractivity contribution in [1.29, 1.82) is 0 Å². The molecule has 1 unspecified atom stereocenters. The molecule has 0 aliphatic rings. The molecule has 0 radical (unpaired) electrons. The average molecular weight is 259 g/mol. The maximum atomic E-state index is 11.4. The van der Waals surface area contributed by atoms with Crippen molar-refractivity contribution < 1.29 is 8.42 Å². The van der Waals surface area contributed by atoms with Crippen LogP contribution < -0.4 is 5.32 Å². The largest absolute Gasteiger partial charge is 0.308 e. The van der Waals surface area contributed by atoms with E-state index in [1.165, 1.54) is 6.26 Å². The monoisotopic (exact) mass is 259 g/mol. The molecule has 6 heteroatoms. The molecule has 1 rings (SSSR count). The van der Waals surface area contributed by atoms with E-state index in [0.717, 1.165) is 25.2 Å². The SMILES string of the molecule is CCCNC(CS(C)(=O)=O)c1ccnn1CC. The van der Waals surface area contributed by atoms with Gasteiger partial charge in [-0.25, -0.2) is 8.42 Å².